The van der Waals surface area contributed by atoms with Crippen LogP contribution in [0.3, 0.4) is 0 Å². The Kier molecular flexibility index (Phi) is 6.19. The number of ether oxygens (including phenoxy) is 2. The van der Waals surface area contributed by atoms with Gasteiger partial charge in [0.25, 0.3) is 0 Å². The van der Waals surface area contributed by atoms with Crippen LogP contribution in [-0.2, 0) is 19.1 Å². The van der Waals surface area contributed by atoms with Crippen LogP contribution in [0.1, 0.15) is 60.8 Å². The van der Waals surface area contributed by atoms with Gasteiger partial charge in [-0.15, -0.1) is 0 Å². The number of hydrogen-bond acceptors (Lipinski definition) is 5. The zero-order chi connectivity index (χ0) is 17.8. The summed E-state index contributed by atoms with van der Waals surface area (Å²) in [5, 5.41) is 0. The van der Waals surface area contributed by atoms with Crippen molar-refractivity contribution in [2.24, 2.45) is 5.41 Å². The Morgan fingerprint density at radius 1 is 1.04 bits per heavy atom. The largest absolute Gasteiger partial charge is 0.456 e. The minimum atomic E-state index is -0.675. The van der Waals surface area contributed by atoms with E-state index in [1.807, 2.05) is 0 Å². The third kappa shape index (κ3) is 6.20. The maximum absolute atomic E-state index is 12.3. The Bertz CT molecular complexity index is 459. The molecule has 1 rings (SSSR count). The number of nitrogens with zero attached hydrogens (tertiary/aromatic N) is 1. The second-order valence-electron chi connectivity index (χ2n) is 7.97. The van der Waals surface area contributed by atoms with E-state index in [2.05, 4.69) is 0 Å². The smallest absolute Gasteiger partial charge is 0.411 e. The molecule has 23 heavy (non-hydrogen) atoms. The van der Waals surface area contributed by atoms with Crippen molar-refractivity contribution in [3.63, 3.8) is 0 Å². The Morgan fingerprint density at radius 2 is 1.65 bits per heavy atom. The number of Topliss-reactive ketones (excluding diaryl/α,β-unsaturated/α-hetero) is 1. The van der Waals surface area contributed by atoms with Crippen LogP contribution in [0.4, 0.5) is 4.79 Å². The fourth-order valence-corrected chi connectivity index (χ4v) is 2.17. The van der Waals surface area contributed by atoms with E-state index < -0.39 is 29.1 Å². The van der Waals surface area contributed by atoms with E-state index in [9.17, 15) is 14.4 Å². The maximum Gasteiger partial charge on any atom is 0.411 e. The maximum atomic E-state index is 12.3. The van der Waals surface area contributed by atoms with E-state index in [1.165, 1.54) is 4.90 Å². The van der Waals surface area contributed by atoms with Gasteiger partial charge < -0.3 is 9.47 Å². The monoisotopic (exact) mass is 327 g/mol. The number of piperidine rings is 1. The van der Waals surface area contributed by atoms with Gasteiger partial charge in [-0.05, 0) is 40.0 Å². The van der Waals surface area contributed by atoms with E-state index >= 15 is 0 Å². The van der Waals surface area contributed by atoms with E-state index in [-0.39, 0.29) is 12.4 Å². The normalized spacial score (nSPS) is 19.2. The molecule has 1 aliphatic heterocycles. The molecule has 1 aliphatic rings. The van der Waals surface area contributed by atoms with Gasteiger partial charge in [-0.1, -0.05) is 20.8 Å². The van der Waals surface area contributed by atoms with Gasteiger partial charge >= 0.3 is 12.1 Å². The summed E-state index contributed by atoms with van der Waals surface area (Å²) in [5.74, 6) is -0.682. The summed E-state index contributed by atoms with van der Waals surface area (Å²) in [6.07, 6.45) is 1.68. The van der Waals surface area contributed by atoms with Crippen molar-refractivity contribution >= 4 is 17.8 Å². The highest BCUT2D eigenvalue weighted by molar-refractivity contribution is 5.88. The fraction of sp³-hybridized carbons (Fsp3) is 0.824. The quantitative estimate of drug-likeness (QED) is 0.745. The van der Waals surface area contributed by atoms with Crippen LogP contribution in [0.25, 0.3) is 0 Å². The summed E-state index contributed by atoms with van der Waals surface area (Å²) in [6, 6.07) is -0.675. The SMILES string of the molecule is CC(C)(C)OC(=O)N1CCCCC1C(=O)OCC(=O)C(C)(C)C. The first kappa shape index (κ1) is 19.5. The molecule has 132 valence electrons. The number of rotatable bonds is 3. The van der Waals surface area contributed by atoms with Crippen molar-refractivity contribution in [3.8, 4) is 0 Å². The Hall–Kier alpha value is -1.59. The molecule has 0 saturated carbocycles. The molecule has 1 heterocycles. The Morgan fingerprint density at radius 3 is 2.17 bits per heavy atom. The predicted molar refractivity (Wildman–Crippen MR) is 86.0 cm³/mol. The zero-order valence-electron chi connectivity index (χ0n) is 15.1. The van der Waals surface area contributed by atoms with E-state index in [0.717, 1.165) is 12.8 Å². The van der Waals surface area contributed by atoms with Crippen LogP contribution in [0.15, 0.2) is 0 Å². The number of amides is 1. The second-order valence-corrected chi connectivity index (χ2v) is 7.97. The lowest BCUT2D eigenvalue weighted by atomic mass is 9.91. The lowest BCUT2D eigenvalue weighted by Gasteiger charge is -2.35. The molecule has 0 spiro atoms. The fourth-order valence-electron chi connectivity index (χ4n) is 2.17. The highest BCUT2D eigenvalue weighted by Crippen LogP contribution is 2.22. The summed E-state index contributed by atoms with van der Waals surface area (Å²) in [5.41, 5.74) is -1.18. The number of likely N-dealkylation sites (tertiary alicyclic amines) is 1. The third-order valence-electron chi connectivity index (χ3n) is 3.58. The highest BCUT2D eigenvalue weighted by atomic mass is 16.6. The summed E-state index contributed by atoms with van der Waals surface area (Å²) in [7, 11) is 0. The van der Waals surface area contributed by atoms with Gasteiger partial charge in [-0.2, -0.15) is 0 Å². The minimum absolute atomic E-state index is 0.148. The third-order valence-corrected chi connectivity index (χ3v) is 3.58. The molecule has 0 aromatic rings. The number of carbonyl (C=O) groups excluding carboxylic acids is 3. The van der Waals surface area contributed by atoms with Crippen LogP contribution < -0.4 is 0 Å². The molecule has 0 aromatic carbocycles. The van der Waals surface area contributed by atoms with Crippen LogP contribution in [-0.4, -0.2) is 47.5 Å². The van der Waals surface area contributed by atoms with Crippen LogP contribution >= 0.6 is 0 Å². The average Bonchev–Trinajstić information content (AvgIpc) is 2.41. The van der Waals surface area contributed by atoms with Crippen molar-refractivity contribution < 1.29 is 23.9 Å². The van der Waals surface area contributed by atoms with E-state index in [4.69, 9.17) is 9.47 Å². The average molecular weight is 327 g/mol. The molecule has 1 fully saturated rings. The molecular weight excluding hydrogens is 298 g/mol. The molecule has 1 unspecified atom stereocenters. The predicted octanol–water partition coefficient (Wildman–Crippen LogP) is 2.93. The molecule has 1 amide bonds. The van der Waals surface area contributed by atoms with Crippen molar-refractivity contribution in [1.82, 2.24) is 4.90 Å². The topological polar surface area (TPSA) is 72.9 Å². The molecule has 0 aliphatic carbocycles. The van der Waals surface area contributed by atoms with E-state index in [0.29, 0.717) is 13.0 Å². The molecule has 1 atom stereocenters. The van der Waals surface area contributed by atoms with Crippen molar-refractivity contribution in [2.75, 3.05) is 13.2 Å². The van der Waals surface area contributed by atoms with E-state index in [1.54, 1.807) is 41.5 Å². The highest BCUT2D eigenvalue weighted by Gasteiger charge is 2.36. The molecular formula is C17H29NO5. The zero-order valence-corrected chi connectivity index (χ0v) is 15.1. The molecule has 0 N–H and O–H groups in total. The first-order chi connectivity index (χ1) is 10.4. The van der Waals surface area contributed by atoms with Crippen molar-refractivity contribution in [3.05, 3.63) is 0 Å². The summed E-state index contributed by atoms with van der Waals surface area (Å²) >= 11 is 0. The Labute approximate surface area is 138 Å². The van der Waals surface area contributed by atoms with Gasteiger partial charge in [0.2, 0.25) is 0 Å². The summed E-state index contributed by atoms with van der Waals surface area (Å²) in [6.45, 7) is 10.9. The van der Waals surface area contributed by atoms with Crippen LogP contribution in [0, 0.1) is 5.41 Å². The Balaban J connectivity index is 2.68. The lowest BCUT2D eigenvalue weighted by Crippen LogP contribution is -2.50. The van der Waals surface area contributed by atoms with Gasteiger partial charge in [0, 0.05) is 12.0 Å². The van der Waals surface area contributed by atoms with Gasteiger partial charge in [0.1, 0.15) is 11.6 Å². The molecule has 0 bridgehead atoms. The van der Waals surface area contributed by atoms with Crippen molar-refractivity contribution in [1.29, 1.82) is 0 Å². The standard InChI is InChI=1S/C17H29NO5/c1-16(2,3)13(19)11-22-14(20)12-9-7-8-10-18(12)15(21)23-17(4,5)6/h12H,7-11H2,1-6H3. The van der Waals surface area contributed by atoms with Gasteiger partial charge in [-0.25, -0.2) is 9.59 Å². The van der Waals surface area contributed by atoms with Crippen LogP contribution in [0.5, 0.6) is 0 Å². The number of carbonyl (C=O) groups is 3. The summed E-state index contributed by atoms with van der Waals surface area (Å²) < 4.78 is 10.5. The molecule has 6 heteroatoms. The molecule has 1 saturated heterocycles. The number of esters is 1. The lowest BCUT2D eigenvalue weighted by molar-refractivity contribution is -0.155. The first-order valence-electron chi connectivity index (χ1n) is 8.11. The number of hydrogen-bond donors (Lipinski definition) is 0. The molecule has 0 aromatic heterocycles. The van der Waals surface area contributed by atoms with Crippen LogP contribution in [0.2, 0.25) is 0 Å². The molecule has 0 radical (unpaired) electrons. The van der Waals surface area contributed by atoms with Gasteiger partial charge in [0.15, 0.2) is 12.4 Å². The minimum Gasteiger partial charge on any atom is -0.456 e. The van der Waals surface area contributed by atoms with Crippen molar-refractivity contribution in [2.45, 2.75) is 72.4 Å². The van der Waals surface area contributed by atoms with Gasteiger partial charge in [-0.3, -0.25) is 9.69 Å². The first-order valence-corrected chi connectivity index (χ1v) is 8.11. The van der Waals surface area contributed by atoms with Gasteiger partial charge in [0.05, 0.1) is 0 Å². The number of ketones is 1. The second kappa shape index (κ2) is 7.32. The molecule has 6 nitrogen and oxygen atoms in total. The summed E-state index contributed by atoms with van der Waals surface area (Å²) in [4.78, 5) is 37.8.